The van der Waals surface area contributed by atoms with Crippen LogP contribution in [0.2, 0.25) is 0 Å². The molecule has 0 spiro atoms. The maximum atomic E-state index is 10.5. The van der Waals surface area contributed by atoms with Crippen LogP contribution in [0.5, 0.6) is 0 Å². The highest BCUT2D eigenvalue weighted by atomic mass is 16.5. The summed E-state index contributed by atoms with van der Waals surface area (Å²) in [5.41, 5.74) is 0. The van der Waals surface area contributed by atoms with Crippen LogP contribution in [0.3, 0.4) is 0 Å². The second-order valence-electron chi connectivity index (χ2n) is 4.16. The molecule has 0 atom stereocenters. The largest absolute Gasteiger partial charge is 0.466 e. The first-order valence-corrected chi connectivity index (χ1v) is 6.72. The Balaban J connectivity index is 3.11. The average molecular weight is 238 g/mol. The highest BCUT2D eigenvalue weighted by molar-refractivity contribution is 5.65. The van der Waals surface area contributed by atoms with Crippen molar-refractivity contribution >= 4 is 5.97 Å². The van der Waals surface area contributed by atoms with Crippen molar-refractivity contribution in [1.82, 2.24) is 0 Å². The molecule has 0 unspecified atom stereocenters. The Morgan fingerprint density at radius 3 is 2.35 bits per heavy atom. The van der Waals surface area contributed by atoms with Crippen molar-refractivity contribution in [3.8, 4) is 0 Å². The average Bonchev–Trinajstić information content (AvgIpc) is 2.30. The standard InChI is InChI=1S/C15H26O2/c1-3-4-5-6-7-8-9-10-11-12-13-14-17-15(2)16/h4-7H,3,8-14H2,1-2H3/b5-4+,7-6+. The summed E-state index contributed by atoms with van der Waals surface area (Å²) in [5, 5.41) is 0. The number of allylic oxidation sites excluding steroid dienone is 4. The summed E-state index contributed by atoms with van der Waals surface area (Å²) in [6.07, 6.45) is 16.8. The molecule has 17 heavy (non-hydrogen) atoms. The first kappa shape index (κ1) is 16.0. The van der Waals surface area contributed by atoms with E-state index in [0.29, 0.717) is 6.61 Å². The van der Waals surface area contributed by atoms with Gasteiger partial charge in [-0.3, -0.25) is 4.79 Å². The van der Waals surface area contributed by atoms with Crippen LogP contribution in [0.25, 0.3) is 0 Å². The Morgan fingerprint density at radius 1 is 1.00 bits per heavy atom. The lowest BCUT2D eigenvalue weighted by molar-refractivity contribution is -0.141. The number of carbonyl (C=O) groups is 1. The third-order valence-corrected chi connectivity index (χ3v) is 2.44. The van der Waals surface area contributed by atoms with E-state index in [0.717, 1.165) is 25.7 Å². The van der Waals surface area contributed by atoms with E-state index in [-0.39, 0.29) is 5.97 Å². The molecule has 0 N–H and O–H groups in total. The molecule has 0 saturated heterocycles. The normalized spacial score (nSPS) is 11.4. The molecule has 2 nitrogen and oxygen atoms in total. The Morgan fingerprint density at radius 2 is 1.65 bits per heavy atom. The summed E-state index contributed by atoms with van der Waals surface area (Å²) in [4.78, 5) is 10.5. The molecule has 0 amide bonds. The minimum atomic E-state index is -0.171. The molecule has 0 fully saturated rings. The molecule has 0 radical (unpaired) electrons. The topological polar surface area (TPSA) is 26.3 Å². The van der Waals surface area contributed by atoms with Gasteiger partial charge in [0, 0.05) is 6.92 Å². The molecule has 98 valence electrons. The van der Waals surface area contributed by atoms with E-state index in [4.69, 9.17) is 4.74 Å². The Kier molecular flexibility index (Phi) is 12.2. The van der Waals surface area contributed by atoms with Gasteiger partial charge in [0.25, 0.3) is 0 Å². The van der Waals surface area contributed by atoms with Gasteiger partial charge in [-0.2, -0.15) is 0 Å². The number of ether oxygens (including phenoxy) is 1. The van der Waals surface area contributed by atoms with Crippen LogP contribution in [0, 0.1) is 0 Å². The first-order chi connectivity index (χ1) is 8.27. The van der Waals surface area contributed by atoms with Crippen LogP contribution in [-0.2, 0) is 9.53 Å². The first-order valence-electron chi connectivity index (χ1n) is 6.72. The van der Waals surface area contributed by atoms with Crippen molar-refractivity contribution < 1.29 is 9.53 Å². The fourth-order valence-electron chi connectivity index (χ4n) is 1.50. The van der Waals surface area contributed by atoms with Gasteiger partial charge in [-0.05, 0) is 25.7 Å². The molecular weight excluding hydrogens is 212 g/mol. The van der Waals surface area contributed by atoms with Crippen LogP contribution in [0.4, 0.5) is 0 Å². The van der Waals surface area contributed by atoms with Crippen molar-refractivity contribution in [2.45, 2.75) is 58.8 Å². The quantitative estimate of drug-likeness (QED) is 0.320. The molecule has 0 rings (SSSR count). The van der Waals surface area contributed by atoms with Gasteiger partial charge in [0.05, 0.1) is 6.61 Å². The van der Waals surface area contributed by atoms with Crippen molar-refractivity contribution in [3.05, 3.63) is 24.3 Å². The lowest BCUT2D eigenvalue weighted by Crippen LogP contribution is -1.99. The van der Waals surface area contributed by atoms with E-state index >= 15 is 0 Å². The van der Waals surface area contributed by atoms with Crippen molar-refractivity contribution in [2.75, 3.05) is 6.61 Å². The summed E-state index contributed by atoms with van der Waals surface area (Å²) in [5.74, 6) is -0.171. The molecule has 0 heterocycles. The molecule has 0 aliphatic heterocycles. The zero-order valence-corrected chi connectivity index (χ0v) is 11.3. The van der Waals surface area contributed by atoms with Crippen molar-refractivity contribution in [3.63, 3.8) is 0 Å². The Labute approximate surface area is 106 Å². The highest BCUT2D eigenvalue weighted by Gasteiger charge is 1.93. The van der Waals surface area contributed by atoms with E-state index in [2.05, 4.69) is 31.2 Å². The Hall–Kier alpha value is -1.05. The Bertz CT molecular complexity index is 229. The maximum Gasteiger partial charge on any atom is 0.302 e. The SMILES string of the molecule is CC/C=C/C=C/CCCCCCCOC(C)=O. The van der Waals surface area contributed by atoms with E-state index in [1.807, 2.05) is 0 Å². The number of hydrogen-bond acceptors (Lipinski definition) is 2. The predicted molar refractivity (Wildman–Crippen MR) is 72.9 cm³/mol. The van der Waals surface area contributed by atoms with E-state index in [1.54, 1.807) is 0 Å². The third-order valence-electron chi connectivity index (χ3n) is 2.44. The summed E-state index contributed by atoms with van der Waals surface area (Å²) in [6, 6.07) is 0. The molecule has 0 aromatic carbocycles. The van der Waals surface area contributed by atoms with Gasteiger partial charge in [-0.15, -0.1) is 0 Å². The van der Waals surface area contributed by atoms with Gasteiger partial charge < -0.3 is 4.74 Å². The highest BCUT2D eigenvalue weighted by Crippen LogP contribution is 2.06. The van der Waals surface area contributed by atoms with E-state index < -0.39 is 0 Å². The number of esters is 1. The van der Waals surface area contributed by atoms with Crippen LogP contribution >= 0.6 is 0 Å². The van der Waals surface area contributed by atoms with E-state index in [9.17, 15) is 4.79 Å². The predicted octanol–water partition coefficient (Wildman–Crippen LogP) is 4.41. The second kappa shape index (κ2) is 13.0. The van der Waals surface area contributed by atoms with Crippen LogP contribution in [0.15, 0.2) is 24.3 Å². The number of hydrogen-bond donors (Lipinski definition) is 0. The molecule has 0 aromatic rings. The molecule has 2 heteroatoms. The smallest absolute Gasteiger partial charge is 0.302 e. The lowest BCUT2D eigenvalue weighted by Gasteiger charge is -2.01. The molecular formula is C15H26O2. The summed E-state index contributed by atoms with van der Waals surface area (Å²) in [7, 11) is 0. The lowest BCUT2D eigenvalue weighted by atomic mass is 10.1. The second-order valence-corrected chi connectivity index (χ2v) is 4.16. The number of unbranched alkanes of at least 4 members (excludes halogenated alkanes) is 5. The third kappa shape index (κ3) is 14.9. The van der Waals surface area contributed by atoms with Crippen LogP contribution in [0.1, 0.15) is 58.8 Å². The van der Waals surface area contributed by atoms with Gasteiger partial charge in [-0.25, -0.2) is 0 Å². The summed E-state index contributed by atoms with van der Waals surface area (Å²) in [6.45, 7) is 4.18. The van der Waals surface area contributed by atoms with Crippen molar-refractivity contribution in [2.24, 2.45) is 0 Å². The molecule has 0 bridgehead atoms. The number of carbonyl (C=O) groups excluding carboxylic acids is 1. The van der Waals surface area contributed by atoms with Gasteiger partial charge in [0.15, 0.2) is 0 Å². The number of rotatable bonds is 10. The zero-order valence-electron chi connectivity index (χ0n) is 11.3. The van der Waals surface area contributed by atoms with Crippen molar-refractivity contribution in [1.29, 1.82) is 0 Å². The van der Waals surface area contributed by atoms with Gasteiger partial charge in [-0.1, -0.05) is 50.5 Å². The van der Waals surface area contributed by atoms with Gasteiger partial charge in [0.2, 0.25) is 0 Å². The fourth-order valence-corrected chi connectivity index (χ4v) is 1.50. The van der Waals surface area contributed by atoms with E-state index in [1.165, 1.54) is 26.2 Å². The van der Waals surface area contributed by atoms with Gasteiger partial charge in [0.1, 0.15) is 0 Å². The monoisotopic (exact) mass is 238 g/mol. The zero-order chi connectivity index (χ0) is 12.8. The van der Waals surface area contributed by atoms with Crippen LogP contribution in [-0.4, -0.2) is 12.6 Å². The summed E-state index contributed by atoms with van der Waals surface area (Å²) < 4.78 is 4.87. The molecule has 0 aliphatic carbocycles. The fraction of sp³-hybridized carbons (Fsp3) is 0.667. The minimum absolute atomic E-state index is 0.171. The van der Waals surface area contributed by atoms with Crippen LogP contribution < -0.4 is 0 Å². The molecule has 0 aromatic heterocycles. The molecule has 0 aliphatic rings. The molecule has 0 saturated carbocycles. The van der Waals surface area contributed by atoms with Gasteiger partial charge >= 0.3 is 5.97 Å². The minimum Gasteiger partial charge on any atom is -0.466 e. The maximum absolute atomic E-state index is 10.5. The summed E-state index contributed by atoms with van der Waals surface area (Å²) >= 11 is 0.